The number of fused-ring (bicyclic) bond motifs is 1. The zero-order chi connectivity index (χ0) is 21.2. The highest BCUT2D eigenvalue weighted by atomic mass is 16.5. The number of rotatable bonds is 5. The molecular weight excluding hydrogens is 364 g/mol. The van der Waals surface area contributed by atoms with Crippen LogP contribution in [0.5, 0.6) is 17.2 Å². The Morgan fingerprint density at radius 2 is 1.90 bits per heavy atom. The molecule has 1 heterocycles. The summed E-state index contributed by atoms with van der Waals surface area (Å²) in [5, 5.41) is 20.6. The SMILES string of the molecule is CC(C)=CCc1cc(C=CC(=O)c2ccc3c(c2O)C=CC(C)(C)O3)ccc1O. The topological polar surface area (TPSA) is 66.8 Å². The van der Waals surface area contributed by atoms with E-state index in [2.05, 4.69) is 0 Å². The predicted molar refractivity (Wildman–Crippen MR) is 116 cm³/mol. The molecule has 0 atom stereocenters. The van der Waals surface area contributed by atoms with Gasteiger partial charge in [0.25, 0.3) is 0 Å². The lowest BCUT2D eigenvalue weighted by atomic mass is 9.98. The third kappa shape index (κ3) is 4.77. The van der Waals surface area contributed by atoms with Gasteiger partial charge in [0.1, 0.15) is 22.8 Å². The number of allylic oxidation sites excluding steroid dienone is 3. The van der Waals surface area contributed by atoms with E-state index in [1.807, 2.05) is 45.9 Å². The fraction of sp³-hybridized carbons (Fsp3) is 0.240. The predicted octanol–water partition coefficient (Wildman–Crippen LogP) is 5.69. The minimum absolute atomic E-state index is 0.0844. The largest absolute Gasteiger partial charge is 0.508 e. The Kier molecular flexibility index (Phi) is 5.64. The Labute approximate surface area is 171 Å². The van der Waals surface area contributed by atoms with Gasteiger partial charge in [-0.2, -0.15) is 0 Å². The van der Waals surface area contributed by atoms with Crippen molar-refractivity contribution < 1.29 is 19.7 Å². The molecule has 4 heteroatoms. The molecule has 150 valence electrons. The number of aromatic hydroxyl groups is 2. The van der Waals surface area contributed by atoms with Crippen LogP contribution < -0.4 is 4.74 Å². The Balaban J connectivity index is 1.83. The maximum atomic E-state index is 12.6. The molecule has 0 aliphatic carbocycles. The average molecular weight is 390 g/mol. The third-order valence-corrected chi connectivity index (χ3v) is 4.73. The molecule has 0 saturated carbocycles. The minimum Gasteiger partial charge on any atom is -0.508 e. The van der Waals surface area contributed by atoms with Crippen LogP contribution in [0.3, 0.4) is 0 Å². The first kappa shape index (κ1) is 20.5. The molecule has 1 aliphatic rings. The van der Waals surface area contributed by atoms with Crippen molar-refractivity contribution in [2.75, 3.05) is 0 Å². The van der Waals surface area contributed by atoms with E-state index in [0.29, 0.717) is 17.7 Å². The van der Waals surface area contributed by atoms with E-state index < -0.39 is 5.60 Å². The first-order chi connectivity index (χ1) is 13.7. The molecular formula is C25H26O4. The summed E-state index contributed by atoms with van der Waals surface area (Å²) in [5.41, 5.74) is 3.05. The van der Waals surface area contributed by atoms with E-state index in [4.69, 9.17) is 4.74 Å². The maximum Gasteiger partial charge on any atom is 0.189 e. The van der Waals surface area contributed by atoms with Gasteiger partial charge in [0.05, 0.1) is 11.1 Å². The smallest absolute Gasteiger partial charge is 0.189 e. The van der Waals surface area contributed by atoms with Gasteiger partial charge < -0.3 is 14.9 Å². The summed E-state index contributed by atoms with van der Waals surface area (Å²) >= 11 is 0. The van der Waals surface area contributed by atoms with Gasteiger partial charge in [-0.15, -0.1) is 0 Å². The number of ether oxygens (including phenoxy) is 1. The Morgan fingerprint density at radius 3 is 2.62 bits per heavy atom. The van der Waals surface area contributed by atoms with E-state index in [9.17, 15) is 15.0 Å². The van der Waals surface area contributed by atoms with Crippen molar-refractivity contribution in [2.45, 2.75) is 39.7 Å². The first-order valence-electron chi connectivity index (χ1n) is 9.58. The van der Waals surface area contributed by atoms with E-state index in [1.54, 1.807) is 36.4 Å². The second kappa shape index (κ2) is 8.00. The van der Waals surface area contributed by atoms with Crippen LogP contribution in [0, 0.1) is 0 Å². The number of carbonyl (C=O) groups is 1. The van der Waals surface area contributed by atoms with Crippen molar-refractivity contribution in [1.82, 2.24) is 0 Å². The molecule has 0 spiro atoms. The molecule has 4 nitrogen and oxygen atoms in total. The average Bonchev–Trinajstić information content (AvgIpc) is 2.65. The molecule has 0 aromatic heterocycles. The number of hydrogen-bond acceptors (Lipinski definition) is 4. The molecule has 1 aliphatic heterocycles. The minimum atomic E-state index is -0.451. The Hall–Kier alpha value is -3.27. The zero-order valence-electron chi connectivity index (χ0n) is 17.2. The van der Waals surface area contributed by atoms with E-state index >= 15 is 0 Å². The fourth-order valence-corrected chi connectivity index (χ4v) is 3.09. The van der Waals surface area contributed by atoms with Gasteiger partial charge in [-0.05, 0) is 87.7 Å². The molecule has 2 aromatic carbocycles. The first-order valence-corrected chi connectivity index (χ1v) is 9.58. The lowest BCUT2D eigenvalue weighted by Gasteiger charge is -2.28. The van der Waals surface area contributed by atoms with E-state index in [-0.39, 0.29) is 22.8 Å². The summed E-state index contributed by atoms with van der Waals surface area (Å²) < 4.78 is 5.82. The summed E-state index contributed by atoms with van der Waals surface area (Å²) in [6.45, 7) is 7.86. The van der Waals surface area contributed by atoms with Crippen molar-refractivity contribution >= 4 is 17.9 Å². The lowest BCUT2D eigenvalue weighted by Crippen LogP contribution is -2.27. The van der Waals surface area contributed by atoms with Gasteiger partial charge in [0, 0.05) is 0 Å². The molecule has 0 radical (unpaired) electrons. The Bertz CT molecular complexity index is 1040. The van der Waals surface area contributed by atoms with E-state index in [1.165, 1.54) is 11.6 Å². The van der Waals surface area contributed by atoms with Gasteiger partial charge in [0.15, 0.2) is 5.78 Å². The van der Waals surface area contributed by atoms with Crippen molar-refractivity contribution in [2.24, 2.45) is 0 Å². The van der Waals surface area contributed by atoms with E-state index in [0.717, 1.165) is 11.1 Å². The number of carbonyl (C=O) groups excluding carboxylic acids is 1. The summed E-state index contributed by atoms with van der Waals surface area (Å²) in [5.74, 6) is 0.396. The van der Waals surface area contributed by atoms with Gasteiger partial charge in [0.2, 0.25) is 0 Å². The van der Waals surface area contributed by atoms with Crippen LogP contribution in [0.4, 0.5) is 0 Å². The third-order valence-electron chi connectivity index (χ3n) is 4.73. The van der Waals surface area contributed by atoms with Gasteiger partial charge >= 0.3 is 0 Å². The standard InChI is InChI=1S/C25H26O4/c1-16(2)5-8-18-15-17(6-10-21(18)26)7-11-22(27)19-9-12-23-20(24(19)28)13-14-25(3,4)29-23/h5-7,9-15,26,28H,8H2,1-4H3. The highest BCUT2D eigenvalue weighted by Gasteiger charge is 2.25. The van der Waals surface area contributed by atoms with Gasteiger partial charge in [-0.3, -0.25) is 4.79 Å². The number of phenols is 2. The zero-order valence-corrected chi connectivity index (χ0v) is 17.2. The van der Waals surface area contributed by atoms with Crippen molar-refractivity contribution in [3.63, 3.8) is 0 Å². The maximum absolute atomic E-state index is 12.6. The summed E-state index contributed by atoms with van der Waals surface area (Å²) in [6.07, 6.45) is 9.40. The molecule has 2 N–H and O–H groups in total. The second-order valence-electron chi connectivity index (χ2n) is 7.98. The van der Waals surface area contributed by atoms with Gasteiger partial charge in [-0.25, -0.2) is 0 Å². The molecule has 0 bridgehead atoms. The van der Waals surface area contributed by atoms with Crippen LogP contribution in [0.1, 0.15) is 54.7 Å². The number of benzene rings is 2. The molecule has 29 heavy (non-hydrogen) atoms. The van der Waals surface area contributed by atoms with Gasteiger partial charge in [-0.1, -0.05) is 23.8 Å². The monoisotopic (exact) mass is 390 g/mol. The molecule has 0 saturated heterocycles. The molecule has 2 aromatic rings. The molecule has 3 rings (SSSR count). The number of phenolic OH excluding ortho intramolecular Hbond substituents is 2. The lowest BCUT2D eigenvalue weighted by molar-refractivity contribution is 0.104. The Morgan fingerprint density at radius 1 is 1.14 bits per heavy atom. The summed E-state index contributed by atoms with van der Waals surface area (Å²) in [4.78, 5) is 12.6. The normalized spacial score (nSPS) is 14.3. The highest BCUT2D eigenvalue weighted by molar-refractivity contribution is 6.09. The fourth-order valence-electron chi connectivity index (χ4n) is 3.09. The van der Waals surface area contributed by atoms with Crippen LogP contribution in [-0.2, 0) is 6.42 Å². The highest BCUT2D eigenvalue weighted by Crippen LogP contribution is 2.38. The van der Waals surface area contributed by atoms with Crippen LogP contribution >= 0.6 is 0 Å². The quantitative estimate of drug-likeness (QED) is 0.391. The molecule has 0 unspecified atom stereocenters. The van der Waals surface area contributed by atoms with Crippen LogP contribution in [0.2, 0.25) is 0 Å². The van der Waals surface area contributed by atoms with Crippen molar-refractivity contribution in [1.29, 1.82) is 0 Å². The number of hydrogen-bond donors (Lipinski definition) is 2. The molecule has 0 amide bonds. The molecule has 0 fully saturated rings. The van der Waals surface area contributed by atoms with Crippen molar-refractivity contribution in [3.8, 4) is 17.2 Å². The van der Waals surface area contributed by atoms with Crippen molar-refractivity contribution in [3.05, 3.63) is 76.4 Å². The second-order valence-corrected chi connectivity index (χ2v) is 7.98. The van der Waals surface area contributed by atoms with Crippen LogP contribution in [-0.4, -0.2) is 21.6 Å². The summed E-state index contributed by atoms with van der Waals surface area (Å²) in [7, 11) is 0. The number of ketones is 1. The summed E-state index contributed by atoms with van der Waals surface area (Å²) in [6, 6.07) is 8.51. The van der Waals surface area contributed by atoms with Crippen LogP contribution in [0.15, 0.2) is 54.1 Å². The van der Waals surface area contributed by atoms with Crippen LogP contribution in [0.25, 0.3) is 12.2 Å².